The van der Waals surface area contributed by atoms with Crippen molar-refractivity contribution in [2.45, 2.75) is 4.21 Å². The Kier molecular flexibility index (Phi) is 6.29. The molecule has 0 radical (unpaired) electrons. The average molecular weight is 511 g/mol. The number of hydrogen-bond acceptors (Lipinski definition) is 8. The molecule has 0 bridgehead atoms. The first kappa shape index (κ1) is 22.4. The summed E-state index contributed by atoms with van der Waals surface area (Å²) < 4.78 is 38.9. The number of sulfonamides is 1. The van der Waals surface area contributed by atoms with Gasteiger partial charge < -0.3 is 14.8 Å². The Morgan fingerprint density at radius 1 is 0.969 bits per heavy atom. The van der Waals surface area contributed by atoms with Crippen molar-refractivity contribution < 1.29 is 17.9 Å². The second-order valence-electron chi connectivity index (χ2n) is 6.41. The molecular weight excluding hydrogens is 495 g/mol. The molecular formula is C20H16Cl2N4O4S2. The zero-order valence-electron chi connectivity index (χ0n) is 16.7. The Balaban J connectivity index is 1.85. The van der Waals surface area contributed by atoms with Crippen molar-refractivity contribution in [3.63, 3.8) is 0 Å². The summed E-state index contributed by atoms with van der Waals surface area (Å²) in [4.78, 5) is 8.95. The summed E-state index contributed by atoms with van der Waals surface area (Å²) in [5, 5.41) is 5.25. The van der Waals surface area contributed by atoms with Crippen molar-refractivity contribution in [2.24, 2.45) is 0 Å². The second-order valence-corrected chi connectivity index (χ2v) is 10.1. The van der Waals surface area contributed by atoms with E-state index in [0.717, 1.165) is 11.3 Å². The molecule has 0 spiro atoms. The van der Waals surface area contributed by atoms with Crippen molar-refractivity contribution >= 4 is 72.9 Å². The largest absolute Gasteiger partial charge is 0.497 e. The molecule has 2 aromatic carbocycles. The molecule has 32 heavy (non-hydrogen) atoms. The van der Waals surface area contributed by atoms with Crippen LogP contribution in [0.1, 0.15) is 0 Å². The van der Waals surface area contributed by atoms with Crippen LogP contribution in [0, 0.1) is 0 Å². The summed E-state index contributed by atoms with van der Waals surface area (Å²) in [5.74, 6) is 1.17. The highest BCUT2D eigenvalue weighted by Gasteiger charge is 2.21. The van der Waals surface area contributed by atoms with Gasteiger partial charge >= 0.3 is 0 Å². The van der Waals surface area contributed by atoms with Crippen LogP contribution in [0.25, 0.3) is 11.0 Å². The van der Waals surface area contributed by atoms with E-state index in [4.69, 9.17) is 32.7 Å². The molecule has 12 heteroatoms. The normalized spacial score (nSPS) is 11.4. The Morgan fingerprint density at radius 3 is 2.31 bits per heavy atom. The lowest BCUT2D eigenvalue weighted by molar-refractivity contribution is 0.395. The number of nitrogens with one attached hydrogen (secondary N) is 2. The maximum atomic E-state index is 12.8. The molecule has 0 atom stereocenters. The average Bonchev–Trinajstić information content (AvgIpc) is 3.33. The van der Waals surface area contributed by atoms with Crippen molar-refractivity contribution in [2.75, 3.05) is 24.3 Å². The third-order valence-electron chi connectivity index (χ3n) is 4.33. The van der Waals surface area contributed by atoms with E-state index in [2.05, 4.69) is 20.0 Å². The number of hydrogen-bond donors (Lipinski definition) is 2. The molecule has 2 aromatic heterocycles. The fourth-order valence-electron chi connectivity index (χ4n) is 2.83. The molecule has 8 nitrogen and oxygen atoms in total. The summed E-state index contributed by atoms with van der Waals surface area (Å²) in [6, 6.07) is 11.4. The lowest BCUT2D eigenvalue weighted by atomic mass is 10.2. The van der Waals surface area contributed by atoms with Gasteiger partial charge in [-0.1, -0.05) is 29.3 Å². The van der Waals surface area contributed by atoms with Crippen molar-refractivity contribution in [1.82, 2.24) is 9.97 Å². The van der Waals surface area contributed by atoms with Gasteiger partial charge in [0.2, 0.25) is 0 Å². The molecule has 2 heterocycles. The zero-order valence-corrected chi connectivity index (χ0v) is 19.9. The van der Waals surface area contributed by atoms with Crippen LogP contribution in [0.15, 0.2) is 52.1 Å². The third kappa shape index (κ3) is 4.53. The smallest absolute Gasteiger partial charge is 0.272 e. The van der Waals surface area contributed by atoms with Gasteiger partial charge in [0.1, 0.15) is 21.2 Å². The molecule has 0 aliphatic heterocycles. The first-order valence-electron chi connectivity index (χ1n) is 9.03. The van der Waals surface area contributed by atoms with Gasteiger partial charge in [-0.3, -0.25) is 4.72 Å². The van der Waals surface area contributed by atoms with E-state index >= 15 is 0 Å². The van der Waals surface area contributed by atoms with Gasteiger partial charge in [0, 0.05) is 23.9 Å². The van der Waals surface area contributed by atoms with E-state index in [1.807, 2.05) is 0 Å². The summed E-state index contributed by atoms with van der Waals surface area (Å²) in [6.45, 7) is 0. The van der Waals surface area contributed by atoms with Crippen LogP contribution in [0.4, 0.5) is 17.3 Å². The standard InChI is InChI=1S/C20H16Cl2N4O4S2/c1-29-12-8-11(9-13(10-12)30-2)23-19-20(26-32(27,28)16-4-3-7-31-16)24-15-6-5-14(21)17(22)18(15)25-19/h3-10H,1-2H3,(H,23,25)(H,24,26). The van der Waals surface area contributed by atoms with E-state index in [9.17, 15) is 8.42 Å². The van der Waals surface area contributed by atoms with Crippen molar-refractivity contribution in [3.8, 4) is 11.5 Å². The lowest BCUT2D eigenvalue weighted by Gasteiger charge is -2.15. The summed E-state index contributed by atoms with van der Waals surface area (Å²) >= 11 is 13.5. The fraction of sp³-hybridized carbons (Fsp3) is 0.100. The Labute approximate surface area is 198 Å². The van der Waals surface area contributed by atoms with Crippen LogP contribution in [0.3, 0.4) is 0 Å². The zero-order chi connectivity index (χ0) is 22.9. The van der Waals surface area contributed by atoms with Crippen molar-refractivity contribution in [1.29, 1.82) is 0 Å². The number of halogens is 2. The topological polar surface area (TPSA) is 102 Å². The number of fused-ring (bicyclic) bond motifs is 1. The number of thiophene rings is 1. The Morgan fingerprint density at radius 2 is 1.69 bits per heavy atom. The van der Waals surface area contributed by atoms with Gasteiger partial charge in [0.25, 0.3) is 10.0 Å². The van der Waals surface area contributed by atoms with E-state index in [1.54, 1.807) is 41.8 Å². The van der Waals surface area contributed by atoms with Gasteiger partial charge in [-0.2, -0.15) is 0 Å². The molecule has 2 N–H and O–H groups in total. The molecule has 166 valence electrons. The van der Waals surface area contributed by atoms with Gasteiger partial charge in [0.15, 0.2) is 11.6 Å². The quantitative estimate of drug-likeness (QED) is 0.335. The highest BCUT2D eigenvalue weighted by atomic mass is 35.5. The molecule has 0 fully saturated rings. The highest BCUT2D eigenvalue weighted by Crippen LogP contribution is 2.35. The summed E-state index contributed by atoms with van der Waals surface area (Å²) in [5.41, 5.74) is 1.22. The van der Waals surface area contributed by atoms with E-state index < -0.39 is 10.0 Å². The molecule has 0 amide bonds. The number of nitrogens with zero attached hydrogens (tertiary/aromatic N) is 2. The minimum Gasteiger partial charge on any atom is -0.497 e. The molecule has 4 rings (SSSR count). The molecule has 4 aromatic rings. The molecule has 0 saturated heterocycles. The Hall–Kier alpha value is -2.79. The van der Waals surface area contributed by atoms with Crippen LogP contribution in [-0.4, -0.2) is 32.6 Å². The first-order chi connectivity index (χ1) is 15.3. The van der Waals surface area contributed by atoms with Gasteiger partial charge in [0.05, 0.1) is 29.8 Å². The number of anilines is 3. The van der Waals surface area contributed by atoms with Crippen molar-refractivity contribution in [3.05, 3.63) is 57.9 Å². The summed E-state index contributed by atoms with van der Waals surface area (Å²) in [6.07, 6.45) is 0. The molecule has 0 aliphatic rings. The minimum absolute atomic E-state index is 0.00826. The number of aromatic nitrogens is 2. The number of benzene rings is 2. The maximum Gasteiger partial charge on any atom is 0.272 e. The van der Waals surface area contributed by atoms with E-state index in [1.165, 1.54) is 20.3 Å². The van der Waals surface area contributed by atoms with Crippen LogP contribution < -0.4 is 19.5 Å². The number of rotatable bonds is 7. The maximum absolute atomic E-state index is 12.8. The second kappa shape index (κ2) is 8.99. The predicted molar refractivity (Wildman–Crippen MR) is 128 cm³/mol. The van der Waals surface area contributed by atoms with Crippen LogP contribution in [0.2, 0.25) is 10.0 Å². The highest BCUT2D eigenvalue weighted by molar-refractivity contribution is 7.94. The molecule has 0 aliphatic carbocycles. The first-order valence-corrected chi connectivity index (χ1v) is 12.1. The van der Waals surface area contributed by atoms with Crippen LogP contribution >= 0.6 is 34.5 Å². The third-order valence-corrected chi connectivity index (χ3v) is 7.86. The van der Waals surface area contributed by atoms with Gasteiger partial charge in [-0.25, -0.2) is 18.4 Å². The SMILES string of the molecule is COc1cc(Nc2nc3c(Cl)c(Cl)ccc3nc2NS(=O)(=O)c2cccs2)cc(OC)c1. The van der Waals surface area contributed by atoms with Crippen LogP contribution in [-0.2, 0) is 10.0 Å². The monoisotopic (exact) mass is 510 g/mol. The van der Waals surface area contributed by atoms with Gasteiger partial charge in [-0.05, 0) is 23.6 Å². The van der Waals surface area contributed by atoms with E-state index in [0.29, 0.717) is 33.2 Å². The predicted octanol–water partition coefficient (Wildman–Crippen LogP) is 5.56. The van der Waals surface area contributed by atoms with Gasteiger partial charge in [-0.15, -0.1) is 11.3 Å². The Bertz CT molecular complexity index is 1370. The number of ether oxygens (including phenoxy) is 2. The minimum atomic E-state index is -3.88. The molecule has 0 saturated carbocycles. The lowest BCUT2D eigenvalue weighted by Crippen LogP contribution is -2.15. The molecule has 0 unspecified atom stereocenters. The van der Waals surface area contributed by atoms with Crippen LogP contribution in [0.5, 0.6) is 11.5 Å². The number of methoxy groups -OCH3 is 2. The van der Waals surface area contributed by atoms with E-state index in [-0.39, 0.29) is 20.9 Å². The summed E-state index contributed by atoms with van der Waals surface area (Å²) in [7, 11) is -0.831. The fourth-order valence-corrected chi connectivity index (χ4v) is 5.19.